The molecule has 98 valence electrons. The highest BCUT2D eigenvalue weighted by molar-refractivity contribution is 6.33. The molecule has 3 heteroatoms. The summed E-state index contributed by atoms with van der Waals surface area (Å²) in [6, 6.07) is 6.32. The molecule has 1 spiro atoms. The lowest BCUT2D eigenvalue weighted by atomic mass is 9.94. The molecule has 18 heavy (non-hydrogen) atoms. The van der Waals surface area contributed by atoms with Gasteiger partial charge in [-0.3, -0.25) is 0 Å². The van der Waals surface area contributed by atoms with Crippen molar-refractivity contribution in [1.82, 2.24) is 5.32 Å². The molecule has 0 unspecified atom stereocenters. The van der Waals surface area contributed by atoms with Crippen LogP contribution in [-0.2, 0) is 0 Å². The van der Waals surface area contributed by atoms with E-state index in [1.807, 2.05) is 6.07 Å². The molecule has 2 nitrogen and oxygen atoms in total. The fraction of sp³-hybridized carbons (Fsp3) is 0.600. The van der Waals surface area contributed by atoms with Crippen molar-refractivity contribution in [3.8, 4) is 0 Å². The van der Waals surface area contributed by atoms with Crippen LogP contribution in [0.3, 0.4) is 0 Å². The molecule has 0 radical (unpaired) electrons. The van der Waals surface area contributed by atoms with Crippen LogP contribution in [0.1, 0.15) is 31.2 Å². The number of aryl methyl sites for hydroxylation is 1. The smallest absolute Gasteiger partial charge is 0.0639 e. The summed E-state index contributed by atoms with van der Waals surface area (Å²) in [4.78, 5) is 2.47. The third kappa shape index (κ3) is 2.24. The Morgan fingerprint density at radius 2 is 2.06 bits per heavy atom. The van der Waals surface area contributed by atoms with Crippen LogP contribution in [0.5, 0.6) is 0 Å². The summed E-state index contributed by atoms with van der Waals surface area (Å²) in [6.07, 6.45) is 5.35. The molecule has 0 amide bonds. The topological polar surface area (TPSA) is 15.3 Å². The Bertz CT molecular complexity index is 438. The first-order chi connectivity index (χ1) is 8.69. The molecule has 0 bridgehead atoms. The number of rotatable bonds is 1. The third-order valence-corrected chi connectivity index (χ3v) is 4.70. The summed E-state index contributed by atoms with van der Waals surface area (Å²) in [5.41, 5.74) is 2.85. The van der Waals surface area contributed by atoms with Gasteiger partial charge in [0.05, 0.1) is 10.7 Å². The summed E-state index contributed by atoms with van der Waals surface area (Å²) < 4.78 is 0. The Balaban J connectivity index is 1.85. The Labute approximate surface area is 114 Å². The average Bonchev–Trinajstić information content (AvgIpc) is 2.80. The van der Waals surface area contributed by atoms with Crippen molar-refractivity contribution >= 4 is 17.3 Å². The monoisotopic (exact) mass is 264 g/mol. The SMILES string of the molecule is Cc1ccc(Cl)c(N2CCNC3(CCCC3)C2)c1. The highest BCUT2D eigenvalue weighted by Crippen LogP contribution is 2.35. The largest absolute Gasteiger partial charge is 0.367 e. The molecule has 1 saturated carbocycles. The maximum atomic E-state index is 6.36. The van der Waals surface area contributed by atoms with Crippen LogP contribution in [0.15, 0.2) is 18.2 Å². The van der Waals surface area contributed by atoms with Crippen LogP contribution in [0.2, 0.25) is 5.02 Å². The first kappa shape index (κ1) is 12.3. The fourth-order valence-electron chi connectivity index (χ4n) is 3.41. The molecule has 1 aromatic rings. The number of hydrogen-bond donors (Lipinski definition) is 1. The predicted octanol–water partition coefficient (Wildman–Crippen LogP) is 3.37. The van der Waals surface area contributed by atoms with Crippen LogP contribution in [0, 0.1) is 6.92 Å². The van der Waals surface area contributed by atoms with Gasteiger partial charge in [0.2, 0.25) is 0 Å². The lowest BCUT2D eigenvalue weighted by molar-refractivity contribution is 0.304. The Hall–Kier alpha value is -0.730. The van der Waals surface area contributed by atoms with E-state index in [0.29, 0.717) is 5.54 Å². The van der Waals surface area contributed by atoms with Gasteiger partial charge in [-0.15, -0.1) is 0 Å². The van der Waals surface area contributed by atoms with E-state index in [9.17, 15) is 0 Å². The van der Waals surface area contributed by atoms with E-state index in [1.54, 1.807) is 0 Å². The van der Waals surface area contributed by atoms with Gasteiger partial charge < -0.3 is 10.2 Å². The number of nitrogens with one attached hydrogen (secondary N) is 1. The summed E-state index contributed by atoms with van der Waals surface area (Å²) in [6.45, 7) is 5.37. The van der Waals surface area contributed by atoms with Gasteiger partial charge in [-0.25, -0.2) is 0 Å². The van der Waals surface area contributed by atoms with E-state index >= 15 is 0 Å². The van der Waals surface area contributed by atoms with Crippen LogP contribution in [0.4, 0.5) is 5.69 Å². The lowest BCUT2D eigenvalue weighted by Gasteiger charge is -2.43. The molecule has 1 aliphatic carbocycles. The van der Waals surface area contributed by atoms with Crippen molar-refractivity contribution < 1.29 is 0 Å². The molecule has 1 saturated heterocycles. The molecule has 0 aromatic heterocycles. The summed E-state index contributed by atoms with van der Waals surface area (Å²) in [5.74, 6) is 0. The highest BCUT2D eigenvalue weighted by atomic mass is 35.5. The van der Waals surface area contributed by atoms with Gasteiger partial charge in [0.25, 0.3) is 0 Å². The van der Waals surface area contributed by atoms with Crippen molar-refractivity contribution in [2.24, 2.45) is 0 Å². The van der Waals surface area contributed by atoms with Gasteiger partial charge in [-0.2, -0.15) is 0 Å². The number of benzene rings is 1. The number of halogens is 1. The van der Waals surface area contributed by atoms with E-state index in [1.165, 1.54) is 36.9 Å². The summed E-state index contributed by atoms with van der Waals surface area (Å²) in [5, 5.41) is 4.63. The van der Waals surface area contributed by atoms with Gasteiger partial charge in [0.15, 0.2) is 0 Å². The average molecular weight is 265 g/mol. The molecule has 1 N–H and O–H groups in total. The number of anilines is 1. The first-order valence-electron chi connectivity index (χ1n) is 6.95. The second-order valence-electron chi connectivity index (χ2n) is 5.79. The minimum Gasteiger partial charge on any atom is -0.367 e. The maximum Gasteiger partial charge on any atom is 0.0639 e. The van der Waals surface area contributed by atoms with Crippen molar-refractivity contribution in [2.75, 3.05) is 24.5 Å². The standard InChI is InChI=1S/C15H21ClN2/c1-12-4-5-13(16)14(10-12)18-9-8-17-15(11-18)6-2-3-7-15/h4-5,10,17H,2-3,6-9,11H2,1H3. The molecular formula is C15H21ClN2. The highest BCUT2D eigenvalue weighted by Gasteiger charge is 2.37. The zero-order valence-corrected chi connectivity index (χ0v) is 11.8. The fourth-order valence-corrected chi connectivity index (χ4v) is 3.65. The van der Waals surface area contributed by atoms with Crippen LogP contribution < -0.4 is 10.2 Å². The predicted molar refractivity (Wildman–Crippen MR) is 77.6 cm³/mol. The summed E-state index contributed by atoms with van der Waals surface area (Å²) >= 11 is 6.36. The van der Waals surface area contributed by atoms with E-state index in [-0.39, 0.29) is 0 Å². The van der Waals surface area contributed by atoms with Crippen molar-refractivity contribution in [2.45, 2.75) is 38.1 Å². The van der Waals surface area contributed by atoms with Crippen LogP contribution in [0.25, 0.3) is 0 Å². The van der Waals surface area contributed by atoms with Crippen LogP contribution >= 0.6 is 11.6 Å². The van der Waals surface area contributed by atoms with Gasteiger partial charge >= 0.3 is 0 Å². The Morgan fingerprint density at radius 1 is 1.28 bits per heavy atom. The second-order valence-corrected chi connectivity index (χ2v) is 6.20. The summed E-state index contributed by atoms with van der Waals surface area (Å²) in [7, 11) is 0. The molecule has 2 aliphatic rings. The number of piperazine rings is 1. The van der Waals surface area contributed by atoms with Crippen LogP contribution in [-0.4, -0.2) is 25.2 Å². The molecule has 2 fully saturated rings. The lowest BCUT2D eigenvalue weighted by Crippen LogP contribution is -2.59. The third-order valence-electron chi connectivity index (χ3n) is 4.38. The van der Waals surface area contributed by atoms with Gasteiger partial charge in [0, 0.05) is 25.2 Å². The molecule has 1 aliphatic heterocycles. The van der Waals surface area contributed by atoms with E-state index in [2.05, 4.69) is 29.3 Å². The quantitative estimate of drug-likeness (QED) is 0.837. The van der Waals surface area contributed by atoms with Gasteiger partial charge in [0.1, 0.15) is 0 Å². The van der Waals surface area contributed by atoms with E-state index in [4.69, 9.17) is 11.6 Å². The molecule has 0 atom stereocenters. The van der Waals surface area contributed by atoms with Crippen molar-refractivity contribution in [3.05, 3.63) is 28.8 Å². The maximum absolute atomic E-state index is 6.36. The molecular weight excluding hydrogens is 244 g/mol. The zero-order valence-electron chi connectivity index (χ0n) is 11.0. The van der Waals surface area contributed by atoms with Crippen molar-refractivity contribution in [1.29, 1.82) is 0 Å². The molecule has 3 rings (SSSR count). The number of nitrogens with zero attached hydrogens (tertiary/aromatic N) is 1. The van der Waals surface area contributed by atoms with E-state index in [0.717, 1.165) is 24.7 Å². The Morgan fingerprint density at radius 3 is 2.83 bits per heavy atom. The van der Waals surface area contributed by atoms with E-state index < -0.39 is 0 Å². The second kappa shape index (κ2) is 4.75. The molecule has 1 aromatic carbocycles. The minimum absolute atomic E-state index is 0.353. The molecule has 1 heterocycles. The Kier molecular flexibility index (Phi) is 3.25. The zero-order chi connectivity index (χ0) is 12.6. The normalized spacial score (nSPS) is 22.7. The first-order valence-corrected chi connectivity index (χ1v) is 7.33. The minimum atomic E-state index is 0.353. The number of hydrogen-bond acceptors (Lipinski definition) is 2. The van der Waals surface area contributed by atoms with Crippen molar-refractivity contribution in [3.63, 3.8) is 0 Å². The van der Waals surface area contributed by atoms with Gasteiger partial charge in [-0.05, 0) is 37.5 Å². The van der Waals surface area contributed by atoms with Gasteiger partial charge in [-0.1, -0.05) is 30.5 Å².